The molecule has 0 aliphatic carbocycles. The van der Waals surface area contributed by atoms with Crippen molar-refractivity contribution in [1.82, 2.24) is 20.3 Å². The number of carboxylic acid groups (broad SMARTS) is 1. The highest BCUT2D eigenvalue weighted by molar-refractivity contribution is 5.94. The highest BCUT2D eigenvalue weighted by atomic mass is 19.4. The number of halogens is 3. The lowest BCUT2D eigenvalue weighted by Crippen LogP contribution is -2.48. The summed E-state index contributed by atoms with van der Waals surface area (Å²) in [6.07, 6.45) is -2.34. The minimum Gasteiger partial charge on any atom is -0.480 e. The molecule has 1 amide bonds. The van der Waals surface area contributed by atoms with Crippen molar-refractivity contribution in [1.29, 1.82) is 0 Å². The number of carbonyl (C=O) groups is 2. The summed E-state index contributed by atoms with van der Waals surface area (Å²) < 4.78 is 45.5. The van der Waals surface area contributed by atoms with Crippen LogP contribution in [0.15, 0.2) is 30.5 Å². The summed E-state index contributed by atoms with van der Waals surface area (Å²) in [7, 11) is 0. The molecule has 11 heteroatoms. The van der Waals surface area contributed by atoms with E-state index in [1.165, 1.54) is 18.2 Å². The van der Waals surface area contributed by atoms with E-state index in [-0.39, 0.29) is 18.0 Å². The summed E-state index contributed by atoms with van der Waals surface area (Å²) in [6, 6.07) is 3.52. The van der Waals surface area contributed by atoms with Gasteiger partial charge in [0.05, 0.1) is 24.1 Å². The molecule has 2 atom stereocenters. The number of para-hydroxylation sites is 1. The molecular formula is C17H17F3N4O4. The highest BCUT2D eigenvalue weighted by Crippen LogP contribution is 2.33. The van der Waals surface area contributed by atoms with E-state index in [4.69, 9.17) is 4.74 Å². The second-order valence-electron chi connectivity index (χ2n) is 6.33. The summed E-state index contributed by atoms with van der Waals surface area (Å²) in [6.45, 7) is 0.729. The zero-order chi connectivity index (χ0) is 20.3. The van der Waals surface area contributed by atoms with Gasteiger partial charge in [-0.2, -0.15) is 13.2 Å². The smallest absolute Gasteiger partial charge is 0.418 e. The normalized spacial score (nSPS) is 18.5. The largest absolute Gasteiger partial charge is 0.480 e. The summed E-state index contributed by atoms with van der Waals surface area (Å²) in [5.41, 5.74) is -1.52. The Morgan fingerprint density at radius 3 is 2.71 bits per heavy atom. The average Bonchev–Trinajstić information content (AvgIpc) is 3.16. The molecule has 1 aromatic heterocycles. The molecular weight excluding hydrogens is 381 g/mol. The van der Waals surface area contributed by atoms with E-state index in [9.17, 15) is 27.9 Å². The Hall–Kier alpha value is -2.95. The van der Waals surface area contributed by atoms with Gasteiger partial charge in [0.25, 0.3) is 5.91 Å². The first kappa shape index (κ1) is 19.8. The van der Waals surface area contributed by atoms with Gasteiger partial charge in [-0.1, -0.05) is 17.3 Å². The Morgan fingerprint density at radius 1 is 1.32 bits per heavy atom. The Morgan fingerprint density at radius 2 is 2.07 bits per heavy atom. The van der Waals surface area contributed by atoms with Crippen LogP contribution in [0.3, 0.4) is 0 Å². The maximum absolute atomic E-state index is 13.1. The Bertz CT molecular complexity index is 862. The quantitative estimate of drug-likeness (QED) is 0.797. The average molecular weight is 398 g/mol. The number of amides is 1. The van der Waals surface area contributed by atoms with Crippen LogP contribution in [0.4, 0.5) is 13.2 Å². The SMILES string of the molecule is O=C(NC(C(=O)O)C1CCCOC1)c1cn(-c2ccccc2C(F)(F)F)nn1. The van der Waals surface area contributed by atoms with Gasteiger partial charge in [0.15, 0.2) is 5.69 Å². The van der Waals surface area contributed by atoms with Crippen LogP contribution < -0.4 is 5.32 Å². The van der Waals surface area contributed by atoms with Gasteiger partial charge >= 0.3 is 12.1 Å². The molecule has 0 spiro atoms. The van der Waals surface area contributed by atoms with Crippen LogP contribution in [0.5, 0.6) is 0 Å². The van der Waals surface area contributed by atoms with Gasteiger partial charge in [0, 0.05) is 12.5 Å². The third kappa shape index (κ3) is 4.30. The fourth-order valence-electron chi connectivity index (χ4n) is 3.02. The van der Waals surface area contributed by atoms with Crippen molar-refractivity contribution < 1.29 is 32.6 Å². The molecule has 1 fully saturated rings. The Kier molecular flexibility index (Phi) is 5.63. The number of hydrogen-bond acceptors (Lipinski definition) is 5. The summed E-state index contributed by atoms with van der Waals surface area (Å²) in [5, 5.41) is 18.9. The highest BCUT2D eigenvalue weighted by Gasteiger charge is 2.35. The first-order chi connectivity index (χ1) is 13.3. The fraction of sp³-hybridized carbons (Fsp3) is 0.412. The molecule has 0 saturated carbocycles. The van der Waals surface area contributed by atoms with E-state index in [1.807, 2.05) is 0 Å². The number of hydrogen-bond donors (Lipinski definition) is 2. The third-order valence-corrected chi connectivity index (χ3v) is 4.40. The topological polar surface area (TPSA) is 106 Å². The number of aromatic nitrogens is 3. The molecule has 2 N–H and O–H groups in total. The minimum absolute atomic E-state index is 0.197. The zero-order valence-electron chi connectivity index (χ0n) is 14.5. The van der Waals surface area contributed by atoms with Crippen LogP contribution in [-0.4, -0.2) is 51.2 Å². The second kappa shape index (κ2) is 7.97. The molecule has 0 bridgehead atoms. The molecule has 1 aromatic carbocycles. The minimum atomic E-state index is -4.61. The summed E-state index contributed by atoms with van der Waals surface area (Å²) in [4.78, 5) is 23.9. The molecule has 3 rings (SSSR count). The van der Waals surface area contributed by atoms with Gasteiger partial charge in [-0.15, -0.1) is 5.10 Å². The van der Waals surface area contributed by atoms with Crippen molar-refractivity contribution in [3.8, 4) is 5.69 Å². The van der Waals surface area contributed by atoms with Crippen molar-refractivity contribution in [2.24, 2.45) is 5.92 Å². The lowest BCUT2D eigenvalue weighted by Gasteiger charge is -2.27. The molecule has 1 saturated heterocycles. The summed E-state index contributed by atoms with van der Waals surface area (Å²) >= 11 is 0. The van der Waals surface area contributed by atoms with Gasteiger partial charge in [-0.3, -0.25) is 4.79 Å². The van der Waals surface area contributed by atoms with Crippen molar-refractivity contribution in [2.45, 2.75) is 25.1 Å². The molecule has 0 radical (unpaired) electrons. The number of alkyl halides is 3. The molecule has 150 valence electrons. The zero-order valence-corrected chi connectivity index (χ0v) is 14.5. The first-order valence-electron chi connectivity index (χ1n) is 8.47. The maximum Gasteiger partial charge on any atom is 0.418 e. The van der Waals surface area contributed by atoms with E-state index in [2.05, 4.69) is 15.6 Å². The number of nitrogens with one attached hydrogen (secondary N) is 1. The molecule has 2 heterocycles. The number of ether oxygens (including phenoxy) is 1. The molecule has 1 aliphatic heterocycles. The van der Waals surface area contributed by atoms with E-state index in [0.717, 1.165) is 16.9 Å². The van der Waals surface area contributed by atoms with E-state index in [1.54, 1.807) is 0 Å². The van der Waals surface area contributed by atoms with Crippen molar-refractivity contribution in [3.63, 3.8) is 0 Å². The van der Waals surface area contributed by atoms with Crippen molar-refractivity contribution in [2.75, 3.05) is 13.2 Å². The lowest BCUT2D eigenvalue weighted by atomic mass is 9.93. The first-order valence-corrected chi connectivity index (χ1v) is 8.47. The van der Waals surface area contributed by atoms with Gasteiger partial charge in [-0.05, 0) is 25.0 Å². The number of aliphatic carboxylic acids is 1. The van der Waals surface area contributed by atoms with Crippen LogP contribution in [0.1, 0.15) is 28.9 Å². The maximum atomic E-state index is 13.1. The van der Waals surface area contributed by atoms with E-state index < -0.39 is 35.6 Å². The molecule has 1 aliphatic rings. The number of nitrogens with zero attached hydrogens (tertiary/aromatic N) is 3. The fourth-order valence-corrected chi connectivity index (χ4v) is 3.02. The Balaban J connectivity index is 1.80. The van der Waals surface area contributed by atoms with Gasteiger partial charge in [0.1, 0.15) is 6.04 Å². The lowest BCUT2D eigenvalue weighted by molar-refractivity contribution is -0.142. The van der Waals surface area contributed by atoms with Gasteiger partial charge < -0.3 is 15.2 Å². The number of carbonyl (C=O) groups excluding carboxylic acids is 1. The molecule has 28 heavy (non-hydrogen) atoms. The predicted molar refractivity (Wildman–Crippen MR) is 88.8 cm³/mol. The second-order valence-corrected chi connectivity index (χ2v) is 6.33. The number of carboxylic acids is 1. The van der Waals surface area contributed by atoms with Crippen LogP contribution in [0.25, 0.3) is 5.69 Å². The van der Waals surface area contributed by atoms with Crippen molar-refractivity contribution in [3.05, 3.63) is 41.7 Å². The van der Waals surface area contributed by atoms with Crippen molar-refractivity contribution >= 4 is 11.9 Å². The van der Waals surface area contributed by atoms with E-state index in [0.29, 0.717) is 19.4 Å². The Labute approximate surface area is 157 Å². The summed E-state index contributed by atoms with van der Waals surface area (Å²) in [5.74, 6) is -2.47. The van der Waals surface area contributed by atoms with Crippen LogP contribution in [0.2, 0.25) is 0 Å². The molecule has 2 unspecified atom stereocenters. The molecule has 8 nitrogen and oxygen atoms in total. The van der Waals surface area contributed by atoms with Gasteiger partial charge in [-0.25, -0.2) is 9.48 Å². The van der Waals surface area contributed by atoms with Crippen LogP contribution in [-0.2, 0) is 15.7 Å². The van der Waals surface area contributed by atoms with Gasteiger partial charge in [0.2, 0.25) is 0 Å². The predicted octanol–water partition coefficient (Wildman–Crippen LogP) is 1.90. The van der Waals surface area contributed by atoms with Crippen LogP contribution in [0, 0.1) is 5.92 Å². The van der Waals surface area contributed by atoms with Crippen LogP contribution >= 0.6 is 0 Å². The standard InChI is InChI=1S/C17H17F3N4O4/c18-17(19,20)11-5-1-2-6-13(11)24-8-12(22-23-24)15(25)21-14(16(26)27)10-4-3-7-28-9-10/h1-2,5-6,8,10,14H,3-4,7,9H2,(H,21,25)(H,26,27). The monoisotopic (exact) mass is 398 g/mol. The number of benzene rings is 1. The molecule has 2 aromatic rings. The third-order valence-electron chi connectivity index (χ3n) is 4.40. The van der Waals surface area contributed by atoms with E-state index >= 15 is 0 Å². The number of rotatable bonds is 5.